The van der Waals surface area contributed by atoms with Crippen molar-refractivity contribution in [3.63, 3.8) is 0 Å². The number of carbonyl (C=O) groups is 1. The zero-order valence-corrected chi connectivity index (χ0v) is 7.12. The van der Waals surface area contributed by atoms with E-state index in [-0.39, 0.29) is 0 Å². The predicted octanol–water partition coefficient (Wildman–Crippen LogP) is 2.37. The van der Waals surface area contributed by atoms with Gasteiger partial charge in [0.1, 0.15) is 0 Å². The SMILES string of the molecule is C=CC[C@@H]1CCC/C1=C/C(=O)O. The van der Waals surface area contributed by atoms with Gasteiger partial charge in [-0.05, 0) is 31.6 Å². The number of allylic oxidation sites excluding steroid dienone is 2. The molecule has 1 atom stereocenters. The molecule has 0 aliphatic heterocycles. The molecule has 0 amide bonds. The van der Waals surface area contributed by atoms with Gasteiger partial charge in [-0.2, -0.15) is 0 Å². The topological polar surface area (TPSA) is 37.3 Å². The van der Waals surface area contributed by atoms with Crippen LogP contribution < -0.4 is 0 Å². The molecule has 0 saturated heterocycles. The number of carboxylic acids is 1. The fourth-order valence-electron chi connectivity index (χ4n) is 1.76. The van der Waals surface area contributed by atoms with Crippen LogP contribution in [-0.4, -0.2) is 11.1 Å². The molecule has 0 heterocycles. The van der Waals surface area contributed by atoms with Crippen molar-refractivity contribution in [3.05, 3.63) is 24.3 Å². The summed E-state index contributed by atoms with van der Waals surface area (Å²) < 4.78 is 0. The van der Waals surface area contributed by atoms with Crippen molar-refractivity contribution in [3.8, 4) is 0 Å². The lowest BCUT2D eigenvalue weighted by Crippen LogP contribution is -1.98. The summed E-state index contributed by atoms with van der Waals surface area (Å²) in [5, 5.41) is 8.56. The third-order valence-electron chi connectivity index (χ3n) is 2.30. The minimum absolute atomic E-state index is 0.443. The van der Waals surface area contributed by atoms with Gasteiger partial charge in [0.25, 0.3) is 0 Å². The van der Waals surface area contributed by atoms with Gasteiger partial charge in [-0.25, -0.2) is 4.79 Å². The van der Waals surface area contributed by atoms with Gasteiger partial charge in [0.2, 0.25) is 0 Å². The smallest absolute Gasteiger partial charge is 0.328 e. The average Bonchev–Trinajstić information content (AvgIpc) is 2.37. The van der Waals surface area contributed by atoms with Gasteiger partial charge in [-0.3, -0.25) is 0 Å². The number of carboxylic acid groups (broad SMARTS) is 1. The van der Waals surface area contributed by atoms with Crippen LogP contribution >= 0.6 is 0 Å². The zero-order valence-electron chi connectivity index (χ0n) is 7.12. The Kier molecular flexibility index (Phi) is 3.09. The first-order chi connectivity index (χ1) is 5.74. The van der Waals surface area contributed by atoms with Crippen LogP contribution in [0.3, 0.4) is 0 Å². The molecule has 0 aromatic carbocycles. The molecule has 1 saturated carbocycles. The summed E-state index contributed by atoms with van der Waals surface area (Å²) in [5.41, 5.74) is 1.09. The molecule has 0 bridgehead atoms. The van der Waals surface area contributed by atoms with Gasteiger partial charge in [0, 0.05) is 6.08 Å². The van der Waals surface area contributed by atoms with Gasteiger partial charge in [0.05, 0.1) is 0 Å². The molecule has 12 heavy (non-hydrogen) atoms. The van der Waals surface area contributed by atoms with E-state index in [2.05, 4.69) is 6.58 Å². The third-order valence-corrected chi connectivity index (χ3v) is 2.30. The second-order valence-electron chi connectivity index (χ2n) is 3.17. The van der Waals surface area contributed by atoms with E-state index in [9.17, 15) is 4.79 Å². The summed E-state index contributed by atoms with van der Waals surface area (Å²) in [5.74, 6) is -0.375. The highest BCUT2D eigenvalue weighted by molar-refractivity contribution is 5.80. The van der Waals surface area contributed by atoms with E-state index in [1.807, 2.05) is 6.08 Å². The van der Waals surface area contributed by atoms with E-state index in [1.54, 1.807) is 0 Å². The molecule has 0 spiro atoms. The number of hydrogen-bond donors (Lipinski definition) is 1. The zero-order chi connectivity index (χ0) is 8.97. The first-order valence-electron chi connectivity index (χ1n) is 4.28. The van der Waals surface area contributed by atoms with Crippen molar-refractivity contribution in [2.75, 3.05) is 0 Å². The molecule has 0 aromatic rings. The Morgan fingerprint density at radius 2 is 2.50 bits per heavy atom. The Hall–Kier alpha value is -1.05. The van der Waals surface area contributed by atoms with E-state index in [1.165, 1.54) is 6.08 Å². The maximum atomic E-state index is 10.4. The normalized spacial score (nSPS) is 26.0. The lowest BCUT2D eigenvalue weighted by atomic mass is 9.99. The maximum Gasteiger partial charge on any atom is 0.328 e. The van der Waals surface area contributed by atoms with Crippen molar-refractivity contribution >= 4 is 5.97 Å². The van der Waals surface area contributed by atoms with Crippen molar-refractivity contribution in [1.29, 1.82) is 0 Å². The molecular formula is C10H14O2. The highest BCUT2D eigenvalue weighted by atomic mass is 16.4. The average molecular weight is 166 g/mol. The number of hydrogen-bond acceptors (Lipinski definition) is 1. The van der Waals surface area contributed by atoms with Gasteiger partial charge in [-0.15, -0.1) is 6.58 Å². The van der Waals surface area contributed by atoms with Gasteiger partial charge < -0.3 is 5.11 Å². The Balaban J connectivity index is 2.62. The van der Waals surface area contributed by atoms with Crippen molar-refractivity contribution in [2.24, 2.45) is 5.92 Å². The van der Waals surface area contributed by atoms with E-state index in [0.717, 1.165) is 31.3 Å². The predicted molar refractivity (Wildman–Crippen MR) is 47.9 cm³/mol. The third kappa shape index (κ3) is 2.22. The summed E-state index contributed by atoms with van der Waals surface area (Å²) >= 11 is 0. The Morgan fingerprint density at radius 3 is 3.08 bits per heavy atom. The van der Waals surface area contributed by atoms with Crippen molar-refractivity contribution in [2.45, 2.75) is 25.7 Å². The van der Waals surface area contributed by atoms with Crippen LogP contribution in [0.4, 0.5) is 0 Å². The Bertz CT molecular complexity index is 216. The molecule has 1 N–H and O–H groups in total. The lowest BCUT2D eigenvalue weighted by Gasteiger charge is -2.06. The largest absolute Gasteiger partial charge is 0.478 e. The fraction of sp³-hybridized carbons (Fsp3) is 0.500. The molecule has 1 aliphatic rings. The monoisotopic (exact) mass is 166 g/mol. The molecule has 0 aromatic heterocycles. The van der Waals surface area contributed by atoms with E-state index < -0.39 is 5.97 Å². The molecule has 1 rings (SSSR count). The standard InChI is InChI=1S/C10H14O2/c1-2-4-8-5-3-6-9(8)7-10(11)12/h2,7-8H,1,3-6H2,(H,11,12)/b9-7-/t8-/m1/s1. The van der Waals surface area contributed by atoms with E-state index in [0.29, 0.717) is 5.92 Å². The molecular weight excluding hydrogens is 152 g/mol. The van der Waals surface area contributed by atoms with Gasteiger partial charge in [-0.1, -0.05) is 11.6 Å². The van der Waals surface area contributed by atoms with Gasteiger partial charge >= 0.3 is 5.97 Å². The summed E-state index contributed by atoms with van der Waals surface area (Å²) in [6, 6.07) is 0. The molecule has 0 unspecified atom stereocenters. The molecule has 1 fully saturated rings. The summed E-state index contributed by atoms with van der Waals surface area (Å²) in [4.78, 5) is 10.4. The van der Waals surface area contributed by atoms with Crippen LogP contribution in [0.15, 0.2) is 24.3 Å². The summed E-state index contributed by atoms with van der Waals surface area (Å²) in [6.45, 7) is 3.66. The van der Waals surface area contributed by atoms with Crippen LogP contribution in [-0.2, 0) is 4.79 Å². The molecule has 66 valence electrons. The van der Waals surface area contributed by atoms with E-state index >= 15 is 0 Å². The fourth-order valence-corrected chi connectivity index (χ4v) is 1.76. The molecule has 0 radical (unpaired) electrons. The number of aliphatic carboxylic acids is 1. The lowest BCUT2D eigenvalue weighted by molar-refractivity contribution is -0.131. The first-order valence-corrected chi connectivity index (χ1v) is 4.28. The second kappa shape index (κ2) is 4.10. The molecule has 1 aliphatic carbocycles. The molecule has 2 nitrogen and oxygen atoms in total. The van der Waals surface area contributed by atoms with Crippen LogP contribution in [0.2, 0.25) is 0 Å². The van der Waals surface area contributed by atoms with Crippen LogP contribution in [0.1, 0.15) is 25.7 Å². The van der Waals surface area contributed by atoms with Crippen LogP contribution in [0.5, 0.6) is 0 Å². The first kappa shape index (κ1) is 9.04. The minimum Gasteiger partial charge on any atom is -0.478 e. The Labute approximate surface area is 72.6 Å². The van der Waals surface area contributed by atoms with Crippen LogP contribution in [0, 0.1) is 5.92 Å². The Morgan fingerprint density at radius 1 is 1.75 bits per heavy atom. The summed E-state index contributed by atoms with van der Waals surface area (Å²) in [6.07, 6.45) is 7.33. The van der Waals surface area contributed by atoms with Crippen molar-refractivity contribution in [1.82, 2.24) is 0 Å². The highest BCUT2D eigenvalue weighted by Crippen LogP contribution is 2.33. The summed E-state index contributed by atoms with van der Waals surface area (Å²) in [7, 11) is 0. The van der Waals surface area contributed by atoms with Crippen LogP contribution in [0.25, 0.3) is 0 Å². The minimum atomic E-state index is -0.819. The molecule has 2 heteroatoms. The number of rotatable bonds is 3. The van der Waals surface area contributed by atoms with Gasteiger partial charge in [0.15, 0.2) is 0 Å². The quantitative estimate of drug-likeness (QED) is 0.516. The maximum absolute atomic E-state index is 10.4. The van der Waals surface area contributed by atoms with E-state index in [4.69, 9.17) is 5.11 Å². The second-order valence-corrected chi connectivity index (χ2v) is 3.17. The van der Waals surface area contributed by atoms with Crippen molar-refractivity contribution < 1.29 is 9.90 Å². The highest BCUT2D eigenvalue weighted by Gasteiger charge is 2.19.